The second-order valence-corrected chi connectivity index (χ2v) is 9.29. The van der Waals surface area contributed by atoms with Crippen LogP contribution in [-0.4, -0.2) is 62.3 Å². The number of pyridine rings is 1. The lowest BCUT2D eigenvalue weighted by molar-refractivity contribution is -0.231. The van der Waals surface area contributed by atoms with E-state index in [0.29, 0.717) is 41.0 Å². The molecule has 1 saturated heterocycles. The molecule has 4 aromatic rings. The number of carbonyl (C=O) groups excluding carboxylic acids is 1. The molecule has 4 N–H and O–H groups in total. The number of aliphatic hydroxyl groups is 1. The number of aromatic nitrogens is 5. The summed E-state index contributed by atoms with van der Waals surface area (Å²) in [6.07, 6.45) is 2.48. The summed E-state index contributed by atoms with van der Waals surface area (Å²) in [6.45, 7) is 2.35. The van der Waals surface area contributed by atoms with Gasteiger partial charge in [-0.3, -0.25) is 9.78 Å². The van der Waals surface area contributed by atoms with Crippen molar-refractivity contribution in [2.75, 3.05) is 31.7 Å². The van der Waals surface area contributed by atoms with Crippen molar-refractivity contribution in [1.29, 1.82) is 0 Å². The monoisotopic (exact) mass is 533 g/mol. The molecule has 1 aromatic carbocycles. The summed E-state index contributed by atoms with van der Waals surface area (Å²) < 4.78 is 25.5. The normalized spacial score (nSPS) is 19.0. The van der Waals surface area contributed by atoms with Crippen molar-refractivity contribution in [3.63, 3.8) is 0 Å². The molecule has 1 fully saturated rings. The summed E-state index contributed by atoms with van der Waals surface area (Å²) in [4.78, 5) is 33.7. The van der Waals surface area contributed by atoms with Gasteiger partial charge in [0.15, 0.2) is 5.82 Å². The minimum atomic E-state index is -0.915. The third kappa shape index (κ3) is 6.08. The first kappa shape index (κ1) is 26.4. The van der Waals surface area contributed by atoms with Gasteiger partial charge in [-0.1, -0.05) is 6.07 Å². The number of amides is 1. The van der Waals surface area contributed by atoms with Crippen molar-refractivity contribution >= 4 is 11.9 Å². The fourth-order valence-corrected chi connectivity index (χ4v) is 4.04. The van der Waals surface area contributed by atoms with E-state index in [4.69, 9.17) is 19.6 Å². The van der Waals surface area contributed by atoms with Crippen LogP contribution < -0.4 is 10.6 Å². The zero-order valence-electron chi connectivity index (χ0n) is 21.2. The highest BCUT2D eigenvalue weighted by Crippen LogP contribution is 2.35. The second-order valence-electron chi connectivity index (χ2n) is 9.29. The number of H-pyrrole nitrogens is 1. The Balaban J connectivity index is 1.41. The Labute approximate surface area is 223 Å². The van der Waals surface area contributed by atoms with Gasteiger partial charge in [-0.05, 0) is 49.4 Å². The second kappa shape index (κ2) is 11.6. The summed E-state index contributed by atoms with van der Waals surface area (Å²) in [5, 5.41) is 14.8. The molecule has 39 heavy (non-hydrogen) atoms. The number of hydrogen-bond donors (Lipinski definition) is 4. The Kier molecular flexibility index (Phi) is 7.87. The number of carbonyl (C=O) groups is 1. The highest BCUT2D eigenvalue weighted by molar-refractivity contribution is 5.82. The molecule has 11 nitrogen and oxygen atoms in total. The van der Waals surface area contributed by atoms with E-state index < -0.39 is 11.7 Å². The largest absolute Gasteiger partial charge is 0.395 e. The van der Waals surface area contributed by atoms with Crippen molar-refractivity contribution in [2.45, 2.75) is 19.8 Å². The summed E-state index contributed by atoms with van der Waals surface area (Å²) >= 11 is 0. The maximum atomic E-state index is 13.7. The van der Waals surface area contributed by atoms with Crippen LogP contribution in [0.25, 0.3) is 22.6 Å². The van der Waals surface area contributed by atoms with Crippen LogP contribution in [-0.2, 0) is 20.8 Å². The molecule has 0 bridgehead atoms. The number of benzene rings is 1. The first-order valence-electron chi connectivity index (χ1n) is 12.4. The molecule has 1 aliphatic rings. The van der Waals surface area contributed by atoms with Gasteiger partial charge in [-0.15, -0.1) is 0 Å². The van der Waals surface area contributed by atoms with Crippen LogP contribution in [0.4, 0.5) is 10.3 Å². The molecule has 0 radical (unpaired) electrons. The van der Waals surface area contributed by atoms with Gasteiger partial charge >= 0.3 is 0 Å². The third-order valence-corrected chi connectivity index (χ3v) is 6.18. The lowest BCUT2D eigenvalue weighted by Gasteiger charge is -2.35. The highest BCUT2D eigenvalue weighted by atomic mass is 19.1. The Morgan fingerprint density at radius 3 is 2.62 bits per heavy atom. The topological polar surface area (TPSA) is 147 Å². The predicted octanol–water partition coefficient (Wildman–Crippen LogP) is 2.84. The van der Waals surface area contributed by atoms with Crippen LogP contribution in [0.1, 0.15) is 24.7 Å². The highest BCUT2D eigenvalue weighted by Gasteiger charge is 2.40. The molecule has 0 spiro atoms. The Hall–Kier alpha value is -4.26. The van der Waals surface area contributed by atoms with Crippen LogP contribution >= 0.6 is 0 Å². The third-order valence-electron chi connectivity index (χ3n) is 6.18. The van der Waals surface area contributed by atoms with E-state index >= 15 is 0 Å². The predicted molar refractivity (Wildman–Crippen MR) is 139 cm³/mol. The zero-order chi connectivity index (χ0) is 27.2. The Morgan fingerprint density at radius 2 is 1.90 bits per heavy atom. The molecule has 1 amide bonds. The summed E-state index contributed by atoms with van der Waals surface area (Å²) in [5.74, 6) is 0.142. The van der Waals surface area contributed by atoms with E-state index in [1.807, 2.05) is 18.2 Å². The zero-order valence-corrected chi connectivity index (χ0v) is 21.2. The van der Waals surface area contributed by atoms with E-state index in [1.54, 1.807) is 37.5 Å². The number of imidazole rings is 1. The van der Waals surface area contributed by atoms with Gasteiger partial charge < -0.3 is 30.2 Å². The number of halogens is 1. The SMILES string of the molecule is CC1(C(=O)NCCO)COC(c2nc(-c3ccc(F)cc3)c(-c3ccnc(NCc4ccccn4)n3)[nH]2)OC1. The first-order chi connectivity index (χ1) is 18.9. The molecule has 0 unspecified atom stereocenters. The quantitative estimate of drug-likeness (QED) is 0.255. The average molecular weight is 534 g/mol. The van der Waals surface area contributed by atoms with Gasteiger partial charge in [-0.2, -0.15) is 0 Å². The van der Waals surface area contributed by atoms with E-state index in [-0.39, 0.29) is 38.1 Å². The van der Waals surface area contributed by atoms with Crippen molar-refractivity contribution < 1.29 is 23.8 Å². The lowest BCUT2D eigenvalue weighted by Crippen LogP contribution is -2.49. The molecule has 202 valence electrons. The van der Waals surface area contributed by atoms with Crippen LogP contribution in [0.5, 0.6) is 0 Å². The number of nitrogens with one attached hydrogen (secondary N) is 3. The maximum Gasteiger partial charge on any atom is 0.230 e. The van der Waals surface area contributed by atoms with Crippen molar-refractivity contribution in [3.05, 3.63) is 78.3 Å². The van der Waals surface area contributed by atoms with Crippen molar-refractivity contribution in [1.82, 2.24) is 30.2 Å². The van der Waals surface area contributed by atoms with Gasteiger partial charge in [0, 0.05) is 24.5 Å². The molecule has 0 atom stereocenters. The summed E-state index contributed by atoms with van der Waals surface area (Å²) in [7, 11) is 0. The molecule has 12 heteroatoms. The van der Waals surface area contributed by atoms with Gasteiger partial charge in [0.25, 0.3) is 0 Å². The van der Waals surface area contributed by atoms with Gasteiger partial charge in [0.05, 0.1) is 54.6 Å². The summed E-state index contributed by atoms with van der Waals surface area (Å²) in [6, 6.07) is 13.4. The minimum Gasteiger partial charge on any atom is -0.395 e. The van der Waals surface area contributed by atoms with Gasteiger partial charge in [-0.25, -0.2) is 19.3 Å². The number of ether oxygens (including phenoxy) is 2. The molecule has 0 saturated carbocycles. The van der Waals surface area contributed by atoms with Crippen LogP contribution in [0, 0.1) is 11.2 Å². The number of aliphatic hydroxyl groups excluding tert-OH is 1. The number of nitrogens with zero attached hydrogens (tertiary/aromatic N) is 4. The average Bonchev–Trinajstić information content (AvgIpc) is 3.42. The molecule has 1 aliphatic heterocycles. The first-order valence-corrected chi connectivity index (χ1v) is 12.4. The van der Waals surface area contributed by atoms with Crippen molar-refractivity contribution in [2.24, 2.45) is 5.41 Å². The van der Waals surface area contributed by atoms with Crippen LogP contribution in [0.15, 0.2) is 60.9 Å². The fraction of sp³-hybridized carbons (Fsp3) is 0.296. The standard InChI is InChI=1S/C27H28FN7O4/c1-27(25(37)30-12-13-36)15-38-24(39-16-27)23-34-21(17-5-7-18(28)8-6-17)22(35-23)20-9-11-31-26(33-20)32-14-19-4-2-3-10-29-19/h2-11,24,36H,12-16H2,1H3,(H,30,37)(H,34,35)(H,31,32,33). The van der Waals surface area contributed by atoms with Crippen LogP contribution in [0.3, 0.4) is 0 Å². The molecular formula is C27H28FN7O4. The van der Waals surface area contributed by atoms with E-state index in [0.717, 1.165) is 5.69 Å². The van der Waals surface area contributed by atoms with Gasteiger partial charge in [0.1, 0.15) is 5.82 Å². The fourth-order valence-electron chi connectivity index (χ4n) is 4.04. The molecule has 5 rings (SSSR count). The number of hydrogen-bond acceptors (Lipinski definition) is 9. The van der Waals surface area contributed by atoms with E-state index in [1.165, 1.54) is 12.1 Å². The Morgan fingerprint density at radius 1 is 1.10 bits per heavy atom. The van der Waals surface area contributed by atoms with Crippen LogP contribution in [0.2, 0.25) is 0 Å². The molecule has 3 aromatic heterocycles. The van der Waals surface area contributed by atoms with Gasteiger partial charge in [0.2, 0.25) is 18.1 Å². The molecular weight excluding hydrogens is 505 g/mol. The maximum absolute atomic E-state index is 13.7. The smallest absolute Gasteiger partial charge is 0.230 e. The summed E-state index contributed by atoms with van der Waals surface area (Å²) in [5.41, 5.74) is 2.24. The molecule has 4 heterocycles. The minimum absolute atomic E-state index is 0.0892. The lowest BCUT2D eigenvalue weighted by atomic mass is 9.91. The molecule has 0 aliphatic carbocycles. The van der Waals surface area contributed by atoms with Crippen molar-refractivity contribution in [3.8, 4) is 22.6 Å². The number of rotatable bonds is 9. The Bertz CT molecular complexity index is 1410. The number of anilines is 1. The van der Waals surface area contributed by atoms with E-state index in [2.05, 4.69) is 30.6 Å². The number of aromatic amines is 1. The van der Waals surface area contributed by atoms with E-state index in [9.17, 15) is 9.18 Å².